The molecule has 1 rings (SSSR count). The number of hydrogen-bond donors (Lipinski definition) is 1. The van der Waals surface area contributed by atoms with Gasteiger partial charge in [-0.2, -0.15) is 0 Å². The quantitative estimate of drug-likeness (QED) is 0.663. The number of hydrogen-bond acceptors (Lipinski definition) is 4. The molecule has 58 valence electrons. The number of carbonyl (C=O) groups excluding carboxylic acids is 1. The van der Waals surface area contributed by atoms with Crippen LogP contribution in [0.5, 0.6) is 0 Å². The zero-order chi connectivity index (χ0) is 8.32. The molecular formula is C6H6N2O2S. The van der Waals surface area contributed by atoms with Gasteiger partial charge in [0.1, 0.15) is 14.8 Å². The van der Waals surface area contributed by atoms with Crippen LogP contribution in [0.2, 0.25) is 0 Å². The highest BCUT2D eigenvalue weighted by atomic mass is 32.2. The maximum absolute atomic E-state index is 11.0. The normalized spacial score (nSPS) is 15.3. The lowest BCUT2D eigenvalue weighted by atomic mass is 10.5. The summed E-state index contributed by atoms with van der Waals surface area (Å²) in [5, 5.41) is 0.00926. The number of rotatable bonds is 2. The number of aromatic nitrogens is 1. The molecule has 0 fully saturated rings. The zero-order valence-corrected chi connectivity index (χ0v) is 6.38. The maximum Gasteiger partial charge on any atom is 0.220 e. The van der Waals surface area contributed by atoms with Crippen molar-refractivity contribution in [2.75, 3.05) is 0 Å². The Hall–Kier alpha value is -1.23. The molecule has 1 aromatic rings. The number of pyridine rings is 1. The fraction of sp³-hybridized carbons (Fsp3) is 0. The topological polar surface area (TPSA) is 70.9 Å². The Balaban J connectivity index is 3.24. The van der Waals surface area contributed by atoms with Crippen LogP contribution in [0, 0.1) is 4.78 Å². The largest absolute Gasteiger partial charge is 0.287 e. The van der Waals surface area contributed by atoms with Crippen molar-refractivity contribution in [3.63, 3.8) is 0 Å². The third kappa shape index (κ3) is 1.62. The molecule has 1 heterocycles. The monoisotopic (exact) mass is 170 g/mol. The molecule has 0 aliphatic heterocycles. The molecule has 0 saturated heterocycles. The number of nitrogens with zero attached hydrogens (tertiary/aromatic N) is 1. The van der Waals surface area contributed by atoms with Gasteiger partial charge >= 0.3 is 0 Å². The van der Waals surface area contributed by atoms with Crippen LogP contribution in [0.25, 0.3) is 0 Å². The highest BCUT2D eigenvalue weighted by Crippen LogP contribution is 2.03. The van der Waals surface area contributed by atoms with Crippen LogP contribution in [0.1, 0.15) is 0 Å². The lowest BCUT2D eigenvalue weighted by Crippen LogP contribution is -2.00. The van der Waals surface area contributed by atoms with E-state index in [0.29, 0.717) is 0 Å². The van der Waals surface area contributed by atoms with E-state index in [1.54, 1.807) is 12.1 Å². The van der Waals surface area contributed by atoms with Gasteiger partial charge < -0.3 is 0 Å². The molecule has 1 unspecified atom stereocenters. The molecule has 0 aliphatic rings. The van der Waals surface area contributed by atoms with Crippen molar-refractivity contribution in [3.8, 4) is 0 Å². The van der Waals surface area contributed by atoms with E-state index in [1.807, 2.05) is 0 Å². The Morgan fingerprint density at radius 1 is 1.55 bits per heavy atom. The summed E-state index contributed by atoms with van der Waals surface area (Å²) >= 11 is 0. The summed E-state index contributed by atoms with van der Waals surface area (Å²) in [4.78, 5) is 13.8. The van der Waals surface area contributed by atoms with Gasteiger partial charge in [-0.1, -0.05) is 6.07 Å². The molecule has 5 heteroatoms. The van der Waals surface area contributed by atoms with Gasteiger partial charge in [-0.25, -0.2) is 14.0 Å². The summed E-state index contributed by atoms with van der Waals surface area (Å²) in [6, 6.07) is 4.60. The van der Waals surface area contributed by atoms with E-state index in [-0.39, 0.29) is 10.6 Å². The van der Waals surface area contributed by atoms with E-state index in [1.165, 1.54) is 12.3 Å². The van der Waals surface area contributed by atoms with E-state index >= 15 is 0 Å². The fourth-order valence-corrected chi connectivity index (χ4v) is 1.17. The molecule has 4 nitrogen and oxygen atoms in total. The minimum atomic E-state index is -3.29. The summed E-state index contributed by atoms with van der Waals surface area (Å²) < 4.78 is 18.0. The molecule has 0 radical (unpaired) electrons. The standard InChI is InChI=1S/C6H6N2O2S/c7-11(10,5-9)6-3-1-2-4-8-6/h1-5,7H. The molecule has 0 saturated carbocycles. The van der Waals surface area contributed by atoms with Crippen molar-refractivity contribution in [1.82, 2.24) is 4.98 Å². The van der Waals surface area contributed by atoms with Crippen molar-refractivity contribution in [1.29, 1.82) is 4.78 Å². The first-order chi connectivity index (χ1) is 5.17. The summed E-state index contributed by atoms with van der Waals surface area (Å²) in [6.45, 7) is 0. The summed E-state index contributed by atoms with van der Waals surface area (Å²) in [5.41, 5.74) is 0.106. The average molecular weight is 170 g/mol. The van der Waals surface area contributed by atoms with Crippen molar-refractivity contribution in [2.45, 2.75) is 5.03 Å². The average Bonchev–Trinajstić information content (AvgIpc) is 2.06. The first-order valence-electron chi connectivity index (χ1n) is 2.82. The number of nitrogens with one attached hydrogen (secondary N) is 1. The van der Waals surface area contributed by atoms with Gasteiger partial charge in [-0.05, 0) is 12.1 Å². The molecule has 0 bridgehead atoms. The van der Waals surface area contributed by atoms with Crippen LogP contribution in [0.3, 0.4) is 0 Å². The van der Waals surface area contributed by atoms with E-state index < -0.39 is 9.73 Å². The van der Waals surface area contributed by atoms with Crippen LogP contribution < -0.4 is 0 Å². The summed E-state index contributed by atoms with van der Waals surface area (Å²) in [7, 11) is -3.29. The molecule has 11 heavy (non-hydrogen) atoms. The maximum atomic E-state index is 11.0. The van der Waals surface area contributed by atoms with E-state index in [0.717, 1.165) is 0 Å². The Morgan fingerprint density at radius 3 is 2.73 bits per heavy atom. The molecule has 0 spiro atoms. The van der Waals surface area contributed by atoms with Crippen LogP contribution in [0.15, 0.2) is 29.4 Å². The Bertz CT molecular complexity index is 344. The highest BCUT2D eigenvalue weighted by molar-refractivity contribution is 8.05. The van der Waals surface area contributed by atoms with Gasteiger partial charge in [0, 0.05) is 6.20 Å². The first kappa shape index (κ1) is 7.87. The molecule has 0 amide bonds. The lowest BCUT2D eigenvalue weighted by Gasteiger charge is -1.94. The van der Waals surface area contributed by atoms with Crippen LogP contribution >= 0.6 is 0 Å². The summed E-state index contributed by atoms with van der Waals surface area (Å²) in [6.07, 6.45) is 1.40. The second-order valence-corrected chi connectivity index (χ2v) is 3.68. The minimum Gasteiger partial charge on any atom is -0.287 e. The molecule has 1 atom stereocenters. The van der Waals surface area contributed by atoms with Crippen molar-refractivity contribution in [3.05, 3.63) is 24.4 Å². The third-order valence-corrected chi connectivity index (χ3v) is 2.22. The van der Waals surface area contributed by atoms with E-state index in [9.17, 15) is 9.00 Å². The Labute approximate surface area is 64.2 Å². The summed E-state index contributed by atoms with van der Waals surface area (Å²) in [5.74, 6) is 0. The smallest absolute Gasteiger partial charge is 0.220 e. The Morgan fingerprint density at radius 2 is 2.27 bits per heavy atom. The fourth-order valence-electron chi connectivity index (χ4n) is 0.576. The van der Waals surface area contributed by atoms with Crippen LogP contribution in [-0.2, 0) is 14.5 Å². The van der Waals surface area contributed by atoms with Gasteiger partial charge in [0.15, 0.2) is 0 Å². The van der Waals surface area contributed by atoms with Gasteiger partial charge in [0.05, 0.1) is 0 Å². The zero-order valence-electron chi connectivity index (χ0n) is 5.56. The second-order valence-electron chi connectivity index (χ2n) is 1.86. The lowest BCUT2D eigenvalue weighted by molar-refractivity contribution is 0.565. The van der Waals surface area contributed by atoms with E-state index in [2.05, 4.69) is 4.98 Å². The van der Waals surface area contributed by atoms with Crippen molar-refractivity contribution in [2.24, 2.45) is 0 Å². The molecular weight excluding hydrogens is 164 g/mol. The minimum absolute atomic E-state index is 0.00926. The number of carbonyl (C=O) groups is 1. The van der Waals surface area contributed by atoms with Gasteiger partial charge in [0.2, 0.25) is 5.62 Å². The van der Waals surface area contributed by atoms with Gasteiger partial charge in [0.25, 0.3) is 0 Å². The second kappa shape index (κ2) is 2.79. The van der Waals surface area contributed by atoms with Gasteiger partial charge in [-0.3, -0.25) is 4.79 Å². The Kier molecular flexibility index (Phi) is 2.00. The van der Waals surface area contributed by atoms with Crippen LogP contribution in [0.4, 0.5) is 0 Å². The molecule has 0 aliphatic carbocycles. The third-order valence-electron chi connectivity index (χ3n) is 1.08. The first-order valence-corrected chi connectivity index (χ1v) is 4.44. The predicted octanol–water partition coefficient (Wildman–Crippen LogP) is 0.677. The van der Waals surface area contributed by atoms with Gasteiger partial charge in [-0.15, -0.1) is 0 Å². The highest BCUT2D eigenvalue weighted by Gasteiger charge is 2.07. The van der Waals surface area contributed by atoms with Crippen molar-refractivity contribution >= 4 is 15.3 Å². The molecule has 1 aromatic heterocycles. The molecule has 0 aromatic carbocycles. The SMILES string of the molecule is N=S(=O)(C=O)c1ccccn1. The van der Waals surface area contributed by atoms with E-state index in [4.69, 9.17) is 4.78 Å². The molecule has 1 N–H and O–H groups in total. The van der Waals surface area contributed by atoms with Crippen LogP contribution in [-0.4, -0.2) is 14.8 Å². The predicted molar refractivity (Wildman–Crippen MR) is 40.1 cm³/mol. The van der Waals surface area contributed by atoms with Crippen molar-refractivity contribution < 1.29 is 9.00 Å².